The lowest BCUT2D eigenvalue weighted by Gasteiger charge is -2.07. The quantitative estimate of drug-likeness (QED) is 0.516. The molecule has 0 fully saturated rings. The fourth-order valence-electron chi connectivity index (χ4n) is 1.69. The van der Waals surface area contributed by atoms with Gasteiger partial charge in [0.05, 0.1) is 16.6 Å². The van der Waals surface area contributed by atoms with E-state index in [0.717, 1.165) is 0 Å². The highest BCUT2D eigenvalue weighted by Gasteiger charge is 2.24. The van der Waals surface area contributed by atoms with Crippen LogP contribution in [0.15, 0.2) is 36.4 Å². The molecule has 6 nitrogen and oxygen atoms in total. The Morgan fingerprint density at radius 3 is 2.57 bits per heavy atom. The number of halogens is 2. The third kappa shape index (κ3) is 3.11. The normalized spacial score (nSPS) is 10.2. The van der Waals surface area contributed by atoms with E-state index in [1.165, 1.54) is 12.1 Å². The first-order valence-corrected chi connectivity index (χ1v) is 5.69. The maximum Gasteiger partial charge on any atom is 0.308 e. The van der Waals surface area contributed by atoms with Gasteiger partial charge >= 0.3 is 5.69 Å². The van der Waals surface area contributed by atoms with Gasteiger partial charge in [-0.25, -0.2) is 4.39 Å². The zero-order valence-electron chi connectivity index (χ0n) is 10.5. The van der Waals surface area contributed by atoms with Crippen LogP contribution < -0.4 is 11.1 Å². The summed E-state index contributed by atoms with van der Waals surface area (Å²) < 4.78 is 27.1. The summed E-state index contributed by atoms with van der Waals surface area (Å²) in [5.74, 6) is -3.50. The molecule has 3 N–H and O–H groups in total. The molecule has 0 saturated carbocycles. The summed E-state index contributed by atoms with van der Waals surface area (Å²) in [5, 5.41) is 12.9. The Balaban J connectivity index is 2.37. The topological polar surface area (TPSA) is 98.3 Å². The van der Waals surface area contributed by atoms with Crippen molar-refractivity contribution in [3.63, 3.8) is 0 Å². The van der Waals surface area contributed by atoms with Crippen molar-refractivity contribution in [3.05, 3.63) is 63.7 Å². The molecule has 2 aromatic carbocycles. The van der Waals surface area contributed by atoms with Crippen LogP contribution in [0.25, 0.3) is 0 Å². The summed E-state index contributed by atoms with van der Waals surface area (Å²) in [5.41, 5.74) is 4.27. The van der Waals surface area contributed by atoms with Crippen LogP contribution in [0.4, 0.5) is 25.8 Å². The lowest BCUT2D eigenvalue weighted by Crippen LogP contribution is -2.15. The predicted octanol–water partition coefficient (Wildman–Crippen LogP) is 2.71. The number of nitrogens with two attached hydrogens (primary N) is 1. The maximum absolute atomic E-state index is 13.8. The Labute approximate surface area is 117 Å². The minimum absolute atomic E-state index is 0.256. The number of amides is 1. The van der Waals surface area contributed by atoms with Crippen LogP contribution in [0.1, 0.15) is 10.4 Å². The number of benzene rings is 2. The van der Waals surface area contributed by atoms with Crippen molar-refractivity contribution in [2.75, 3.05) is 11.1 Å². The molecule has 0 saturated heterocycles. The molecule has 0 unspecified atom stereocenters. The number of carbonyl (C=O) groups is 1. The number of anilines is 2. The van der Waals surface area contributed by atoms with Gasteiger partial charge in [0, 0.05) is 11.4 Å². The highest BCUT2D eigenvalue weighted by atomic mass is 19.1. The summed E-state index contributed by atoms with van der Waals surface area (Å²) in [4.78, 5) is 21.4. The molecule has 0 bridgehead atoms. The van der Waals surface area contributed by atoms with Crippen molar-refractivity contribution in [1.82, 2.24) is 0 Å². The number of nitrogens with one attached hydrogen (secondary N) is 1. The molecule has 0 spiro atoms. The van der Waals surface area contributed by atoms with E-state index in [0.29, 0.717) is 17.8 Å². The zero-order valence-corrected chi connectivity index (χ0v) is 10.5. The minimum Gasteiger partial charge on any atom is -0.399 e. The van der Waals surface area contributed by atoms with E-state index in [4.69, 9.17) is 5.73 Å². The third-order valence-electron chi connectivity index (χ3n) is 2.60. The average molecular weight is 293 g/mol. The lowest BCUT2D eigenvalue weighted by atomic mass is 10.1. The molecule has 0 aromatic heterocycles. The van der Waals surface area contributed by atoms with Crippen LogP contribution in [0.5, 0.6) is 0 Å². The fraction of sp³-hybridized carbons (Fsp3) is 0. The molecule has 2 rings (SSSR count). The van der Waals surface area contributed by atoms with E-state index < -0.39 is 33.7 Å². The van der Waals surface area contributed by atoms with Gasteiger partial charge in [0.25, 0.3) is 5.91 Å². The molecule has 1 amide bonds. The molecule has 0 heterocycles. The van der Waals surface area contributed by atoms with Crippen LogP contribution in [-0.2, 0) is 0 Å². The van der Waals surface area contributed by atoms with Gasteiger partial charge in [-0.05, 0) is 24.3 Å². The van der Waals surface area contributed by atoms with Gasteiger partial charge < -0.3 is 11.1 Å². The van der Waals surface area contributed by atoms with Crippen LogP contribution in [0, 0.1) is 21.7 Å². The van der Waals surface area contributed by atoms with Crippen LogP contribution in [-0.4, -0.2) is 10.8 Å². The number of hydrogen-bond acceptors (Lipinski definition) is 4. The van der Waals surface area contributed by atoms with Gasteiger partial charge in [0.2, 0.25) is 5.82 Å². The molecule has 21 heavy (non-hydrogen) atoms. The zero-order chi connectivity index (χ0) is 15.6. The van der Waals surface area contributed by atoms with E-state index in [1.54, 1.807) is 12.1 Å². The molecular formula is C13H9F2N3O3. The van der Waals surface area contributed by atoms with Crippen molar-refractivity contribution >= 4 is 23.0 Å². The summed E-state index contributed by atoms with van der Waals surface area (Å²) in [6.45, 7) is 0. The summed E-state index contributed by atoms with van der Waals surface area (Å²) in [6, 6.07) is 7.01. The Morgan fingerprint density at radius 1 is 1.24 bits per heavy atom. The first-order chi connectivity index (χ1) is 9.88. The molecule has 0 aliphatic rings. The fourth-order valence-corrected chi connectivity index (χ4v) is 1.69. The van der Waals surface area contributed by atoms with E-state index >= 15 is 0 Å². The molecule has 0 atom stereocenters. The Morgan fingerprint density at radius 2 is 1.95 bits per heavy atom. The lowest BCUT2D eigenvalue weighted by molar-refractivity contribution is -0.387. The van der Waals surface area contributed by atoms with Crippen molar-refractivity contribution in [3.8, 4) is 0 Å². The standard InChI is InChI=1S/C13H9F2N3O3/c14-7-4-10(12(15)11(5-7)18(20)21)13(19)17-9-3-1-2-8(16)6-9/h1-6H,16H2,(H,17,19). The smallest absolute Gasteiger partial charge is 0.308 e. The van der Waals surface area contributed by atoms with Gasteiger partial charge in [-0.3, -0.25) is 14.9 Å². The van der Waals surface area contributed by atoms with Crippen molar-refractivity contribution in [1.29, 1.82) is 0 Å². The van der Waals surface area contributed by atoms with Gasteiger partial charge in [0.15, 0.2) is 0 Å². The third-order valence-corrected chi connectivity index (χ3v) is 2.60. The largest absolute Gasteiger partial charge is 0.399 e. The molecular weight excluding hydrogens is 284 g/mol. The average Bonchev–Trinajstić information content (AvgIpc) is 2.40. The van der Waals surface area contributed by atoms with Gasteiger partial charge in [-0.2, -0.15) is 4.39 Å². The number of carbonyl (C=O) groups excluding carboxylic acids is 1. The summed E-state index contributed by atoms with van der Waals surface area (Å²) in [7, 11) is 0. The van der Waals surface area contributed by atoms with Crippen LogP contribution in [0.2, 0.25) is 0 Å². The van der Waals surface area contributed by atoms with E-state index in [-0.39, 0.29) is 5.69 Å². The molecule has 8 heteroatoms. The summed E-state index contributed by atoms with van der Waals surface area (Å²) in [6.07, 6.45) is 0. The number of nitrogens with zero attached hydrogens (tertiary/aromatic N) is 1. The van der Waals surface area contributed by atoms with Crippen LogP contribution in [0.3, 0.4) is 0 Å². The highest BCUT2D eigenvalue weighted by Crippen LogP contribution is 2.23. The molecule has 0 aliphatic heterocycles. The molecule has 2 aromatic rings. The number of nitrogen functional groups attached to an aromatic ring is 1. The molecule has 108 valence electrons. The Hall–Kier alpha value is -3.03. The van der Waals surface area contributed by atoms with Gasteiger partial charge in [0.1, 0.15) is 5.82 Å². The SMILES string of the molecule is Nc1cccc(NC(=O)c2cc(F)cc([N+](=O)[O-])c2F)c1. The Kier molecular flexibility index (Phi) is 3.79. The second kappa shape index (κ2) is 5.53. The second-order valence-electron chi connectivity index (χ2n) is 4.12. The first kappa shape index (κ1) is 14.4. The monoisotopic (exact) mass is 293 g/mol. The predicted molar refractivity (Wildman–Crippen MR) is 71.8 cm³/mol. The van der Waals surface area contributed by atoms with Crippen LogP contribution >= 0.6 is 0 Å². The van der Waals surface area contributed by atoms with E-state index in [9.17, 15) is 23.7 Å². The highest BCUT2D eigenvalue weighted by molar-refractivity contribution is 6.05. The van der Waals surface area contributed by atoms with Crippen molar-refractivity contribution in [2.24, 2.45) is 0 Å². The first-order valence-electron chi connectivity index (χ1n) is 5.69. The Bertz CT molecular complexity index is 735. The molecule has 0 radical (unpaired) electrons. The molecule has 0 aliphatic carbocycles. The number of nitro groups is 1. The second-order valence-corrected chi connectivity index (χ2v) is 4.12. The maximum atomic E-state index is 13.8. The van der Waals surface area contributed by atoms with Crippen molar-refractivity contribution in [2.45, 2.75) is 0 Å². The van der Waals surface area contributed by atoms with Gasteiger partial charge in [-0.15, -0.1) is 0 Å². The minimum atomic E-state index is -1.40. The summed E-state index contributed by atoms with van der Waals surface area (Å²) >= 11 is 0. The number of rotatable bonds is 3. The number of nitro benzene ring substituents is 1. The van der Waals surface area contributed by atoms with Gasteiger partial charge in [-0.1, -0.05) is 6.07 Å². The van der Waals surface area contributed by atoms with Crippen molar-refractivity contribution < 1.29 is 18.5 Å². The van der Waals surface area contributed by atoms with E-state index in [2.05, 4.69) is 5.32 Å². The number of hydrogen-bond donors (Lipinski definition) is 2. The van der Waals surface area contributed by atoms with E-state index in [1.807, 2.05) is 0 Å².